The lowest BCUT2D eigenvalue weighted by atomic mass is 10.1. The van der Waals surface area contributed by atoms with Crippen LogP contribution < -0.4 is 10.6 Å². The molecule has 0 unspecified atom stereocenters. The Hall–Kier alpha value is -2.97. The summed E-state index contributed by atoms with van der Waals surface area (Å²) >= 11 is 2.51. The van der Waals surface area contributed by atoms with Crippen molar-refractivity contribution in [3.63, 3.8) is 0 Å². The number of carbonyl (C=O) groups excluding carboxylic acids is 1. The molecule has 2 N–H and O–H groups in total. The molecule has 0 aromatic heterocycles. The lowest BCUT2D eigenvalue weighted by Crippen LogP contribution is -2.18. The van der Waals surface area contributed by atoms with Crippen molar-refractivity contribution in [3.8, 4) is 0 Å². The molecule has 8 heteroatoms. The van der Waals surface area contributed by atoms with Gasteiger partial charge < -0.3 is 10.6 Å². The van der Waals surface area contributed by atoms with E-state index in [1.54, 1.807) is 0 Å². The highest BCUT2D eigenvalue weighted by molar-refractivity contribution is 8.14. The fourth-order valence-corrected chi connectivity index (χ4v) is 4.30. The molecule has 27 heavy (non-hydrogen) atoms. The van der Waals surface area contributed by atoms with Crippen molar-refractivity contribution in [1.29, 1.82) is 0 Å². The molecule has 2 aliphatic rings. The van der Waals surface area contributed by atoms with E-state index >= 15 is 0 Å². The van der Waals surface area contributed by atoms with Gasteiger partial charge in [-0.3, -0.25) is 4.79 Å². The number of thioether (sulfide) groups is 1. The van der Waals surface area contributed by atoms with E-state index in [9.17, 15) is 4.79 Å². The zero-order valence-corrected chi connectivity index (χ0v) is 15.6. The van der Waals surface area contributed by atoms with Gasteiger partial charge in [0, 0.05) is 5.39 Å². The van der Waals surface area contributed by atoms with E-state index in [1.807, 2.05) is 42.5 Å². The van der Waals surface area contributed by atoms with Crippen molar-refractivity contribution in [3.05, 3.63) is 54.6 Å². The van der Waals surface area contributed by atoms with Gasteiger partial charge in [0.05, 0.1) is 34.2 Å². The number of hydrogen-bond acceptors (Lipinski definition) is 6. The number of carbonyl (C=O) groups is 1. The van der Waals surface area contributed by atoms with Gasteiger partial charge >= 0.3 is 0 Å². The maximum Gasteiger partial charge on any atom is 0.234 e. The molecular weight excluding hydrogens is 378 g/mol. The predicted octanol–water partition coefficient (Wildman–Crippen LogP) is 5.35. The van der Waals surface area contributed by atoms with Crippen molar-refractivity contribution >= 4 is 73.4 Å². The van der Waals surface area contributed by atoms with Gasteiger partial charge in [-0.1, -0.05) is 42.1 Å². The maximum atomic E-state index is 12.4. The maximum absolute atomic E-state index is 12.4. The smallest absolute Gasteiger partial charge is 0.234 e. The summed E-state index contributed by atoms with van der Waals surface area (Å²) in [5.74, 6) is 0.139. The lowest BCUT2D eigenvalue weighted by Gasteiger charge is -2.18. The summed E-state index contributed by atoms with van der Waals surface area (Å²) in [6, 6.07) is 17.7. The predicted molar refractivity (Wildman–Crippen MR) is 114 cm³/mol. The Kier molecular flexibility index (Phi) is 3.99. The number of amides is 1. The first-order chi connectivity index (χ1) is 13.3. The number of amidine groups is 1. The summed E-state index contributed by atoms with van der Waals surface area (Å²) in [6.45, 7) is 0. The van der Waals surface area contributed by atoms with E-state index in [0.29, 0.717) is 10.9 Å². The van der Waals surface area contributed by atoms with Gasteiger partial charge in [-0.2, -0.15) is 8.73 Å². The Morgan fingerprint density at radius 2 is 1.85 bits per heavy atom. The first-order valence-electron chi connectivity index (χ1n) is 8.29. The molecule has 0 fully saturated rings. The minimum atomic E-state index is -0.109. The number of benzene rings is 3. The first-order valence-corrected chi connectivity index (χ1v) is 10.0. The fourth-order valence-electron chi connectivity index (χ4n) is 3.07. The average Bonchev–Trinajstić information content (AvgIpc) is 3.17. The highest BCUT2D eigenvalue weighted by Gasteiger charge is 2.17. The molecule has 0 aliphatic carbocycles. The van der Waals surface area contributed by atoms with Gasteiger partial charge in [0.1, 0.15) is 11.4 Å². The molecule has 2 heterocycles. The van der Waals surface area contributed by atoms with Crippen molar-refractivity contribution in [2.24, 2.45) is 13.7 Å². The molecule has 0 saturated heterocycles. The third kappa shape index (κ3) is 3.02. The molecule has 6 nitrogen and oxygen atoms in total. The summed E-state index contributed by atoms with van der Waals surface area (Å²) in [6.07, 6.45) is 0. The minimum absolute atomic E-state index is 0.109. The molecule has 3 aromatic carbocycles. The SMILES string of the molecule is O=C(CSC1=Nc2cccc3cccc(c23)N1)Nc1cccc2c1N=S=N2. The number of fused-ring (bicyclic) bond motifs is 1. The Bertz CT molecular complexity index is 1190. The van der Waals surface area contributed by atoms with Crippen LogP contribution in [0.2, 0.25) is 0 Å². The molecule has 5 rings (SSSR count). The second-order valence-electron chi connectivity index (χ2n) is 6.00. The zero-order valence-electron chi connectivity index (χ0n) is 14.0. The molecule has 0 saturated carbocycles. The van der Waals surface area contributed by atoms with Crippen molar-refractivity contribution in [1.82, 2.24) is 0 Å². The highest BCUT2D eigenvalue weighted by Crippen LogP contribution is 2.39. The van der Waals surface area contributed by atoms with Crippen molar-refractivity contribution in [2.75, 3.05) is 16.4 Å². The van der Waals surface area contributed by atoms with Crippen LogP contribution in [0.15, 0.2) is 68.3 Å². The molecule has 2 aliphatic heterocycles. The van der Waals surface area contributed by atoms with Crippen LogP contribution in [0.1, 0.15) is 0 Å². The molecule has 1 amide bonds. The third-order valence-electron chi connectivity index (χ3n) is 4.25. The largest absolute Gasteiger partial charge is 0.334 e. The Balaban J connectivity index is 1.30. The van der Waals surface area contributed by atoms with Crippen LogP contribution in [0.4, 0.5) is 28.4 Å². The van der Waals surface area contributed by atoms with Gasteiger partial charge in [0.2, 0.25) is 5.91 Å². The van der Waals surface area contributed by atoms with E-state index in [1.165, 1.54) is 11.8 Å². The van der Waals surface area contributed by atoms with Crippen LogP contribution in [0.25, 0.3) is 10.8 Å². The van der Waals surface area contributed by atoms with Gasteiger partial charge in [0.15, 0.2) is 5.17 Å². The number of hydrogen-bond donors (Lipinski definition) is 2. The Morgan fingerprint density at radius 3 is 2.78 bits per heavy atom. The molecule has 0 spiro atoms. The average molecular weight is 391 g/mol. The Labute approximate surface area is 163 Å². The number of rotatable bonds is 3. The molecular formula is C19H13N5OS2. The topological polar surface area (TPSA) is 78.2 Å². The second kappa shape index (κ2) is 6.64. The van der Waals surface area contributed by atoms with E-state index in [4.69, 9.17) is 0 Å². The second-order valence-corrected chi connectivity index (χ2v) is 7.49. The van der Waals surface area contributed by atoms with E-state index in [2.05, 4.69) is 36.5 Å². The fraction of sp³-hybridized carbons (Fsp3) is 0.0526. The summed E-state index contributed by atoms with van der Waals surface area (Å²) in [5, 5.41) is 9.20. The monoisotopic (exact) mass is 391 g/mol. The van der Waals surface area contributed by atoms with Crippen LogP contribution in [0.3, 0.4) is 0 Å². The van der Waals surface area contributed by atoms with Gasteiger partial charge in [0.25, 0.3) is 0 Å². The van der Waals surface area contributed by atoms with E-state index in [-0.39, 0.29) is 11.7 Å². The quantitative estimate of drug-likeness (QED) is 0.494. The summed E-state index contributed by atoms with van der Waals surface area (Å²) in [4.78, 5) is 17.0. The van der Waals surface area contributed by atoms with Crippen molar-refractivity contribution in [2.45, 2.75) is 0 Å². The van der Waals surface area contributed by atoms with Crippen LogP contribution in [0, 0.1) is 0 Å². The van der Waals surface area contributed by atoms with E-state index in [0.717, 1.165) is 44.9 Å². The van der Waals surface area contributed by atoms with Gasteiger partial charge in [-0.25, -0.2) is 4.99 Å². The van der Waals surface area contributed by atoms with Crippen molar-refractivity contribution < 1.29 is 4.79 Å². The minimum Gasteiger partial charge on any atom is -0.334 e. The molecule has 132 valence electrons. The summed E-state index contributed by atoms with van der Waals surface area (Å²) < 4.78 is 8.43. The summed E-state index contributed by atoms with van der Waals surface area (Å²) in [5.41, 5.74) is 4.12. The first kappa shape index (κ1) is 16.2. The number of nitrogens with one attached hydrogen (secondary N) is 2. The molecule has 0 atom stereocenters. The van der Waals surface area contributed by atoms with Crippen LogP contribution in [-0.2, 0) is 16.1 Å². The van der Waals surface area contributed by atoms with Crippen LogP contribution >= 0.6 is 11.8 Å². The van der Waals surface area contributed by atoms with Crippen LogP contribution in [0.5, 0.6) is 0 Å². The summed E-state index contributed by atoms with van der Waals surface area (Å²) in [7, 11) is 0. The normalized spacial score (nSPS) is 13.6. The molecule has 0 bridgehead atoms. The lowest BCUT2D eigenvalue weighted by molar-refractivity contribution is -0.113. The number of aliphatic imine (C=N–C) groups is 1. The molecule has 0 radical (unpaired) electrons. The van der Waals surface area contributed by atoms with Gasteiger partial charge in [-0.15, -0.1) is 0 Å². The molecule has 3 aromatic rings. The number of anilines is 2. The van der Waals surface area contributed by atoms with Crippen LogP contribution in [-0.4, -0.2) is 16.8 Å². The third-order valence-corrected chi connectivity index (χ3v) is 5.66. The number of nitrogens with zero attached hydrogens (tertiary/aromatic N) is 3. The highest BCUT2D eigenvalue weighted by atomic mass is 32.2. The standard InChI is InChI=1S/C19H13N5OS2/c25-16(20-14-8-3-9-15-18(14)24-27-23-15)10-26-19-21-12-6-1-4-11-5-2-7-13(22-19)17(11)12/h1-9H,10H2,(H,20,25)(H,21,22). The van der Waals surface area contributed by atoms with E-state index < -0.39 is 0 Å². The Morgan fingerprint density at radius 1 is 1.04 bits per heavy atom. The zero-order chi connectivity index (χ0) is 18.2. The van der Waals surface area contributed by atoms with Gasteiger partial charge in [-0.05, 0) is 29.7 Å².